The monoisotopic (exact) mass is 414 g/mol. The van der Waals surface area contributed by atoms with Gasteiger partial charge in [-0.05, 0) is 50.9 Å². The summed E-state index contributed by atoms with van der Waals surface area (Å²) in [6, 6.07) is 9.46. The Labute approximate surface area is 138 Å². The molecule has 5 heteroatoms. The summed E-state index contributed by atoms with van der Waals surface area (Å²) in [6.45, 7) is 1.97. The standard InChI is InChI=1S/C15H12Br2O2S/c1-2-5-10-6-3-4-7-13(10)19-9-12(18)11-8-14(16)20-15(11)17/h2-8H,9H2,1H3. The van der Waals surface area contributed by atoms with Gasteiger partial charge in [0.2, 0.25) is 5.78 Å². The molecule has 0 N–H and O–H groups in total. The molecule has 20 heavy (non-hydrogen) atoms. The van der Waals surface area contributed by atoms with Crippen LogP contribution in [0.1, 0.15) is 22.8 Å². The Morgan fingerprint density at radius 1 is 1.35 bits per heavy atom. The molecular weight excluding hydrogens is 404 g/mol. The number of rotatable bonds is 5. The van der Waals surface area contributed by atoms with E-state index in [1.807, 2.05) is 43.3 Å². The van der Waals surface area contributed by atoms with Crippen molar-refractivity contribution < 1.29 is 9.53 Å². The highest BCUT2D eigenvalue weighted by Crippen LogP contribution is 2.32. The number of hydrogen-bond donors (Lipinski definition) is 0. The van der Waals surface area contributed by atoms with Crippen molar-refractivity contribution in [3.63, 3.8) is 0 Å². The Hall–Kier alpha value is -0.910. The Balaban J connectivity index is 2.09. The fraction of sp³-hybridized carbons (Fsp3) is 0.133. The number of ketones is 1. The van der Waals surface area contributed by atoms with Crippen LogP contribution < -0.4 is 4.74 Å². The van der Waals surface area contributed by atoms with Gasteiger partial charge in [0.1, 0.15) is 5.75 Å². The molecule has 2 nitrogen and oxygen atoms in total. The second-order valence-corrected chi connectivity index (χ2v) is 7.74. The summed E-state index contributed by atoms with van der Waals surface area (Å²) in [7, 11) is 0. The van der Waals surface area contributed by atoms with Crippen LogP contribution in [0.5, 0.6) is 5.75 Å². The molecule has 1 aromatic carbocycles. The Kier molecular flexibility index (Phi) is 5.57. The first kappa shape index (κ1) is 15.5. The number of halogens is 2. The van der Waals surface area contributed by atoms with E-state index in [9.17, 15) is 4.79 Å². The van der Waals surface area contributed by atoms with Gasteiger partial charge >= 0.3 is 0 Å². The van der Waals surface area contributed by atoms with Gasteiger partial charge in [-0.1, -0.05) is 30.4 Å². The van der Waals surface area contributed by atoms with Crippen molar-refractivity contribution >= 4 is 55.1 Å². The van der Waals surface area contributed by atoms with Crippen molar-refractivity contribution in [2.75, 3.05) is 6.61 Å². The highest BCUT2D eigenvalue weighted by atomic mass is 79.9. The van der Waals surface area contributed by atoms with E-state index >= 15 is 0 Å². The molecule has 0 bridgehead atoms. The molecule has 0 aliphatic rings. The predicted molar refractivity (Wildman–Crippen MR) is 90.7 cm³/mol. The van der Waals surface area contributed by atoms with E-state index in [2.05, 4.69) is 31.9 Å². The summed E-state index contributed by atoms with van der Waals surface area (Å²) in [4.78, 5) is 12.1. The van der Waals surface area contributed by atoms with E-state index in [0.29, 0.717) is 11.3 Å². The molecule has 0 aliphatic carbocycles. The van der Waals surface area contributed by atoms with Crippen molar-refractivity contribution in [2.24, 2.45) is 0 Å². The fourth-order valence-corrected chi connectivity index (χ4v) is 4.54. The lowest BCUT2D eigenvalue weighted by atomic mass is 10.2. The zero-order chi connectivity index (χ0) is 14.5. The molecule has 0 unspecified atom stereocenters. The lowest BCUT2D eigenvalue weighted by Crippen LogP contribution is -2.11. The van der Waals surface area contributed by atoms with Crippen LogP contribution in [0.3, 0.4) is 0 Å². The Bertz CT molecular complexity index is 647. The molecule has 104 valence electrons. The minimum atomic E-state index is -0.0471. The van der Waals surface area contributed by atoms with Gasteiger partial charge < -0.3 is 4.74 Å². The first-order valence-electron chi connectivity index (χ1n) is 5.94. The van der Waals surface area contributed by atoms with Gasteiger partial charge in [0.15, 0.2) is 6.61 Å². The van der Waals surface area contributed by atoms with Crippen molar-refractivity contribution in [1.82, 2.24) is 0 Å². The number of para-hydroxylation sites is 1. The van der Waals surface area contributed by atoms with Gasteiger partial charge in [-0.2, -0.15) is 0 Å². The molecule has 0 fully saturated rings. The number of thiophene rings is 1. The molecule has 2 rings (SSSR count). The molecular formula is C15H12Br2O2S. The smallest absolute Gasteiger partial charge is 0.202 e. The van der Waals surface area contributed by atoms with E-state index in [-0.39, 0.29) is 12.4 Å². The SMILES string of the molecule is CC=Cc1ccccc1OCC(=O)c1cc(Br)sc1Br. The Morgan fingerprint density at radius 2 is 2.10 bits per heavy atom. The first-order valence-corrected chi connectivity index (χ1v) is 8.34. The maximum atomic E-state index is 12.1. The highest BCUT2D eigenvalue weighted by Gasteiger charge is 2.14. The first-order chi connectivity index (χ1) is 9.61. The molecule has 0 spiro atoms. The molecule has 1 heterocycles. The lowest BCUT2D eigenvalue weighted by Gasteiger charge is -2.08. The molecule has 0 radical (unpaired) electrons. The maximum Gasteiger partial charge on any atom is 0.202 e. The molecule has 0 atom stereocenters. The van der Waals surface area contributed by atoms with Gasteiger partial charge in [0.05, 0.1) is 7.57 Å². The van der Waals surface area contributed by atoms with E-state index < -0.39 is 0 Å². The summed E-state index contributed by atoms with van der Waals surface area (Å²) in [6.07, 6.45) is 3.90. The van der Waals surface area contributed by atoms with E-state index in [0.717, 1.165) is 13.1 Å². The van der Waals surface area contributed by atoms with E-state index in [1.165, 1.54) is 11.3 Å². The fourth-order valence-electron chi connectivity index (χ4n) is 1.68. The van der Waals surface area contributed by atoms with Crippen LogP contribution in [0.4, 0.5) is 0 Å². The van der Waals surface area contributed by atoms with Gasteiger partial charge in [-0.15, -0.1) is 11.3 Å². The Morgan fingerprint density at radius 3 is 2.75 bits per heavy atom. The van der Waals surface area contributed by atoms with Gasteiger partial charge in [0.25, 0.3) is 0 Å². The van der Waals surface area contributed by atoms with Gasteiger partial charge in [-0.3, -0.25) is 4.79 Å². The average molecular weight is 416 g/mol. The van der Waals surface area contributed by atoms with E-state index in [4.69, 9.17) is 4.74 Å². The highest BCUT2D eigenvalue weighted by molar-refractivity contribution is 9.12. The zero-order valence-electron chi connectivity index (χ0n) is 10.7. The molecule has 2 aromatic rings. The van der Waals surface area contributed by atoms with Crippen molar-refractivity contribution in [1.29, 1.82) is 0 Å². The second-order valence-electron chi connectivity index (χ2n) is 3.99. The van der Waals surface area contributed by atoms with Crippen molar-refractivity contribution in [2.45, 2.75) is 6.92 Å². The summed E-state index contributed by atoms with van der Waals surface area (Å²) in [5, 5.41) is 0. The average Bonchev–Trinajstić information content (AvgIpc) is 2.77. The number of carbonyl (C=O) groups excluding carboxylic acids is 1. The van der Waals surface area contributed by atoms with Gasteiger partial charge in [0, 0.05) is 11.1 Å². The van der Waals surface area contributed by atoms with Crippen LogP contribution in [0.2, 0.25) is 0 Å². The third kappa shape index (κ3) is 3.81. The van der Waals surface area contributed by atoms with Crippen LogP contribution in [-0.2, 0) is 0 Å². The number of benzene rings is 1. The van der Waals surface area contributed by atoms with Crippen LogP contribution in [-0.4, -0.2) is 12.4 Å². The predicted octanol–water partition coefficient (Wildman–Crippen LogP) is 5.57. The van der Waals surface area contributed by atoms with Crippen LogP contribution >= 0.6 is 43.2 Å². The largest absolute Gasteiger partial charge is 0.485 e. The van der Waals surface area contributed by atoms with Crippen LogP contribution in [0.15, 0.2) is 44.0 Å². The molecule has 0 amide bonds. The summed E-state index contributed by atoms with van der Waals surface area (Å²) in [5.41, 5.74) is 1.61. The minimum Gasteiger partial charge on any atom is -0.485 e. The number of Topliss-reactive ketones (excluding diaryl/α,β-unsaturated/α-hetero) is 1. The maximum absolute atomic E-state index is 12.1. The molecule has 1 aromatic heterocycles. The van der Waals surface area contributed by atoms with Gasteiger partial charge in [-0.25, -0.2) is 0 Å². The number of allylic oxidation sites excluding steroid dienone is 1. The summed E-state index contributed by atoms with van der Waals surface area (Å²) < 4.78 is 7.38. The third-order valence-electron chi connectivity index (χ3n) is 2.58. The molecule has 0 saturated carbocycles. The van der Waals surface area contributed by atoms with Crippen molar-refractivity contribution in [3.8, 4) is 5.75 Å². The van der Waals surface area contributed by atoms with Crippen LogP contribution in [0.25, 0.3) is 6.08 Å². The molecule has 0 aliphatic heterocycles. The zero-order valence-corrected chi connectivity index (χ0v) is 14.7. The lowest BCUT2D eigenvalue weighted by molar-refractivity contribution is 0.0921. The summed E-state index contributed by atoms with van der Waals surface area (Å²) in [5.74, 6) is 0.665. The van der Waals surface area contributed by atoms with Crippen molar-refractivity contribution in [3.05, 3.63) is 55.1 Å². The normalized spacial score (nSPS) is 10.9. The number of ether oxygens (including phenoxy) is 1. The van der Waals surface area contributed by atoms with Crippen LogP contribution in [0, 0.1) is 0 Å². The second kappa shape index (κ2) is 7.20. The number of hydrogen-bond acceptors (Lipinski definition) is 3. The topological polar surface area (TPSA) is 26.3 Å². The quantitative estimate of drug-likeness (QED) is 0.596. The third-order valence-corrected chi connectivity index (χ3v) is 4.92. The minimum absolute atomic E-state index is 0.0241. The van der Waals surface area contributed by atoms with E-state index in [1.54, 1.807) is 6.07 Å². The molecule has 0 saturated heterocycles. The summed E-state index contributed by atoms with van der Waals surface area (Å²) >= 11 is 8.23. The number of carbonyl (C=O) groups is 1.